The zero-order chi connectivity index (χ0) is 22.2. The smallest absolute Gasteiger partial charge is 0.190 e. The summed E-state index contributed by atoms with van der Waals surface area (Å²) in [4.78, 5) is 4.35. The molecule has 4 heterocycles. The molecule has 1 atom stereocenters. The third kappa shape index (κ3) is 3.52. The third-order valence-corrected chi connectivity index (χ3v) is 6.07. The Morgan fingerprint density at radius 3 is 2.88 bits per heavy atom. The van der Waals surface area contributed by atoms with Crippen molar-refractivity contribution >= 4 is 5.82 Å². The highest BCUT2D eigenvalue weighted by Crippen LogP contribution is 2.31. The van der Waals surface area contributed by atoms with Gasteiger partial charge in [-0.2, -0.15) is 9.78 Å². The van der Waals surface area contributed by atoms with Crippen LogP contribution in [0.25, 0.3) is 28.2 Å². The quantitative estimate of drug-likeness (QED) is 0.509. The minimum atomic E-state index is -0.372. The zero-order valence-electron chi connectivity index (χ0n) is 18.0. The molecule has 0 bridgehead atoms. The fourth-order valence-electron chi connectivity index (χ4n) is 4.01. The molecule has 10 heteroatoms. The number of aromatic nitrogens is 7. The van der Waals surface area contributed by atoms with Gasteiger partial charge >= 0.3 is 0 Å². The van der Waals surface area contributed by atoms with Crippen molar-refractivity contribution in [3.63, 3.8) is 0 Å². The number of hydrogen-bond acceptors (Lipinski definition) is 7. The minimum absolute atomic E-state index is 0.260. The highest BCUT2D eigenvalue weighted by Gasteiger charge is 2.20. The van der Waals surface area contributed by atoms with Crippen LogP contribution in [-0.2, 0) is 0 Å². The van der Waals surface area contributed by atoms with Crippen LogP contribution in [0.5, 0.6) is 0 Å². The van der Waals surface area contributed by atoms with E-state index in [1.54, 1.807) is 19.2 Å². The molecule has 1 fully saturated rings. The van der Waals surface area contributed by atoms with Crippen molar-refractivity contribution in [1.29, 1.82) is 0 Å². The molecule has 5 rings (SSSR count). The van der Waals surface area contributed by atoms with E-state index in [1.165, 1.54) is 4.68 Å². The molecule has 0 unspecified atom stereocenters. The van der Waals surface area contributed by atoms with E-state index in [0.717, 1.165) is 42.6 Å². The van der Waals surface area contributed by atoms with Crippen LogP contribution < -0.4 is 11.1 Å². The molecule has 1 aliphatic heterocycles. The first-order valence-corrected chi connectivity index (χ1v) is 10.6. The molecule has 0 spiro atoms. The first kappa shape index (κ1) is 20.3. The van der Waals surface area contributed by atoms with E-state index >= 15 is 0 Å². The number of benzene rings is 1. The molecule has 9 nitrogen and oxygen atoms in total. The van der Waals surface area contributed by atoms with Gasteiger partial charge in [0.25, 0.3) is 0 Å². The molecule has 4 aromatic rings. The van der Waals surface area contributed by atoms with Crippen molar-refractivity contribution in [2.45, 2.75) is 32.7 Å². The molecule has 1 saturated heterocycles. The van der Waals surface area contributed by atoms with E-state index in [9.17, 15) is 4.39 Å². The minimum Gasteiger partial charge on any atom is -0.383 e. The molecular formula is C22H24FN9. The summed E-state index contributed by atoms with van der Waals surface area (Å²) >= 11 is 0. The first-order chi connectivity index (χ1) is 15.5. The Balaban J connectivity index is 1.53. The number of hydrogen-bond donors (Lipinski definition) is 2. The Labute approximate surface area is 184 Å². The van der Waals surface area contributed by atoms with Crippen LogP contribution in [0.1, 0.15) is 30.0 Å². The average molecular weight is 433 g/mol. The van der Waals surface area contributed by atoms with Gasteiger partial charge in [-0.1, -0.05) is 6.07 Å². The van der Waals surface area contributed by atoms with E-state index in [1.807, 2.05) is 36.1 Å². The number of piperidine rings is 1. The summed E-state index contributed by atoms with van der Waals surface area (Å²) < 4.78 is 18.3. The number of pyridine rings is 1. The second kappa shape index (κ2) is 8.12. The topological polar surface area (TPSA) is 112 Å². The molecule has 164 valence electrons. The van der Waals surface area contributed by atoms with E-state index in [2.05, 4.69) is 30.9 Å². The van der Waals surface area contributed by atoms with Gasteiger partial charge in [0.2, 0.25) is 0 Å². The number of nitrogens with zero attached hydrogens (tertiary/aromatic N) is 7. The van der Waals surface area contributed by atoms with Crippen LogP contribution in [0.15, 0.2) is 36.8 Å². The van der Waals surface area contributed by atoms with Gasteiger partial charge in [0.15, 0.2) is 11.6 Å². The predicted octanol–water partition coefficient (Wildman–Crippen LogP) is 2.85. The van der Waals surface area contributed by atoms with Gasteiger partial charge in [0.05, 0.1) is 17.8 Å². The monoisotopic (exact) mass is 433 g/mol. The lowest BCUT2D eigenvalue weighted by Gasteiger charge is -2.22. The molecule has 32 heavy (non-hydrogen) atoms. The summed E-state index contributed by atoms with van der Waals surface area (Å²) in [6.45, 7) is 5.54. The maximum Gasteiger partial charge on any atom is 0.190 e. The van der Waals surface area contributed by atoms with Gasteiger partial charge in [-0.25, -0.2) is 9.37 Å². The lowest BCUT2D eigenvalue weighted by Crippen LogP contribution is -2.31. The van der Waals surface area contributed by atoms with Crippen LogP contribution in [0.2, 0.25) is 0 Å². The zero-order valence-corrected chi connectivity index (χ0v) is 18.0. The van der Waals surface area contributed by atoms with Gasteiger partial charge < -0.3 is 11.1 Å². The number of nitrogens with one attached hydrogen (secondary N) is 1. The molecule has 0 radical (unpaired) electrons. The highest BCUT2D eigenvalue weighted by molar-refractivity contribution is 5.76. The van der Waals surface area contributed by atoms with Gasteiger partial charge in [-0.05, 0) is 66.9 Å². The molecule has 0 saturated carbocycles. The van der Waals surface area contributed by atoms with Crippen molar-refractivity contribution < 1.29 is 4.39 Å². The van der Waals surface area contributed by atoms with E-state index in [4.69, 9.17) is 5.73 Å². The van der Waals surface area contributed by atoms with Crippen molar-refractivity contribution in [3.8, 4) is 28.2 Å². The summed E-state index contributed by atoms with van der Waals surface area (Å²) in [5, 5.41) is 19.8. The van der Waals surface area contributed by atoms with Crippen LogP contribution in [-0.4, -0.2) is 48.1 Å². The fraction of sp³-hybridized carbons (Fsp3) is 0.318. The third-order valence-electron chi connectivity index (χ3n) is 6.07. The standard InChI is InChI=1S/C22H24FN9/c1-13-5-6-19(20(23)14(13)2)32-22(28-29-30-32)18-8-15(9-26-21(18)24)16-10-27-31(12-16)17-4-3-7-25-11-17/h5-6,8-10,12,17,25H,3-4,7,11H2,1-2H3,(H2,24,26)/t17-/m1/s1. The fourth-order valence-corrected chi connectivity index (χ4v) is 4.01. The first-order valence-electron chi connectivity index (χ1n) is 10.6. The summed E-state index contributed by atoms with van der Waals surface area (Å²) in [6, 6.07) is 5.70. The summed E-state index contributed by atoms with van der Waals surface area (Å²) in [6.07, 6.45) is 7.75. The van der Waals surface area contributed by atoms with E-state index < -0.39 is 0 Å². The Bertz CT molecular complexity index is 1270. The molecule has 1 aromatic carbocycles. The normalized spacial score (nSPS) is 16.4. The van der Waals surface area contributed by atoms with E-state index in [0.29, 0.717) is 23.0 Å². The number of tetrazole rings is 1. The molecular weight excluding hydrogens is 409 g/mol. The van der Waals surface area contributed by atoms with Crippen LogP contribution in [0, 0.1) is 19.7 Å². The Kier molecular flexibility index (Phi) is 5.14. The Morgan fingerprint density at radius 2 is 2.06 bits per heavy atom. The number of anilines is 1. The number of nitrogens with two attached hydrogens (primary N) is 1. The number of rotatable bonds is 4. The summed E-state index contributed by atoms with van der Waals surface area (Å²) in [5.74, 6) is 0.212. The number of halogens is 1. The van der Waals surface area contributed by atoms with Crippen LogP contribution in [0.4, 0.5) is 10.2 Å². The maximum atomic E-state index is 15.0. The molecule has 3 N–H and O–H groups in total. The summed E-state index contributed by atoms with van der Waals surface area (Å²) in [5.41, 5.74) is 10.1. The van der Waals surface area contributed by atoms with Crippen molar-refractivity contribution in [1.82, 2.24) is 40.3 Å². The van der Waals surface area contributed by atoms with Gasteiger partial charge in [0.1, 0.15) is 11.5 Å². The Morgan fingerprint density at radius 1 is 1.19 bits per heavy atom. The van der Waals surface area contributed by atoms with Crippen molar-refractivity contribution in [2.75, 3.05) is 18.8 Å². The van der Waals surface area contributed by atoms with Crippen molar-refractivity contribution in [2.24, 2.45) is 0 Å². The molecule has 1 aliphatic rings. The second-order valence-corrected chi connectivity index (χ2v) is 8.12. The lowest BCUT2D eigenvalue weighted by atomic mass is 10.1. The Hall–Kier alpha value is -3.66. The molecule has 3 aromatic heterocycles. The molecule has 0 aliphatic carbocycles. The predicted molar refractivity (Wildman–Crippen MR) is 119 cm³/mol. The van der Waals surface area contributed by atoms with Crippen molar-refractivity contribution in [3.05, 3.63) is 53.7 Å². The van der Waals surface area contributed by atoms with Crippen LogP contribution >= 0.6 is 0 Å². The van der Waals surface area contributed by atoms with Gasteiger partial charge in [0, 0.05) is 30.1 Å². The lowest BCUT2D eigenvalue weighted by molar-refractivity contribution is 0.347. The second-order valence-electron chi connectivity index (χ2n) is 8.12. The highest BCUT2D eigenvalue weighted by atomic mass is 19.1. The van der Waals surface area contributed by atoms with Crippen LogP contribution in [0.3, 0.4) is 0 Å². The maximum absolute atomic E-state index is 15.0. The number of aryl methyl sites for hydroxylation is 1. The van der Waals surface area contributed by atoms with E-state index in [-0.39, 0.29) is 17.3 Å². The molecule has 0 amide bonds. The number of nitrogen functional groups attached to an aromatic ring is 1. The summed E-state index contributed by atoms with van der Waals surface area (Å²) in [7, 11) is 0. The van der Waals surface area contributed by atoms with Gasteiger partial charge in [-0.15, -0.1) is 5.10 Å². The SMILES string of the molecule is Cc1ccc(-n2nnnc2-c2cc(-c3cnn([C@@H]4CCCNC4)c3)cnc2N)c(F)c1C. The average Bonchev–Trinajstić information content (AvgIpc) is 3.49. The largest absolute Gasteiger partial charge is 0.383 e. The van der Waals surface area contributed by atoms with Gasteiger partial charge in [-0.3, -0.25) is 4.68 Å².